The summed E-state index contributed by atoms with van der Waals surface area (Å²) < 4.78 is 0. The number of hydrogen-bond acceptors (Lipinski definition) is 5. The van der Waals surface area contributed by atoms with Crippen molar-refractivity contribution in [3.63, 3.8) is 0 Å². The number of nitrogens with one attached hydrogen (secondary N) is 1. The lowest BCUT2D eigenvalue weighted by Crippen LogP contribution is -2.34. The zero-order valence-corrected chi connectivity index (χ0v) is 10.2. The molecule has 16 heavy (non-hydrogen) atoms. The minimum Gasteiger partial charge on any atom is -0.341 e. The Labute approximate surface area is 98.2 Å². The van der Waals surface area contributed by atoms with Crippen LogP contribution in [0.15, 0.2) is 0 Å². The number of thioether (sulfide) groups is 1. The lowest BCUT2D eigenvalue weighted by atomic mass is 10.1. The zero-order valence-electron chi connectivity index (χ0n) is 9.38. The van der Waals surface area contributed by atoms with Gasteiger partial charge in [-0.3, -0.25) is 4.79 Å². The van der Waals surface area contributed by atoms with Gasteiger partial charge in [0, 0.05) is 19.0 Å². The third kappa shape index (κ3) is 2.18. The molecule has 0 spiro atoms. The van der Waals surface area contributed by atoms with Crippen molar-refractivity contribution in [3.05, 3.63) is 5.82 Å². The summed E-state index contributed by atoms with van der Waals surface area (Å²) in [6.07, 6.45) is 2.88. The second kappa shape index (κ2) is 4.82. The van der Waals surface area contributed by atoms with E-state index in [1.807, 2.05) is 18.1 Å². The van der Waals surface area contributed by atoms with E-state index in [0.29, 0.717) is 12.4 Å². The minimum absolute atomic E-state index is 0.0315. The van der Waals surface area contributed by atoms with Crippen molar-refractivity contribution in [2.75, 3.05) is 19.3 Å². The first-order chi connectivity index (χ1) is 7.72. The number of carbonyl (C=O) groups is 1. The van der Waals surface area contributed by atoms with Gasteiger partial charge in [0.1, 0.15) is 0 Å². The molecule has 2 heterocycles. The van der Waals surface area contributed by atoms with E-state index in [4.69, 9.17) is 0 Å². The van der Waals surface area contributed by atoms with Crippen LogP contribution in [0.25, 0.3) is 0 Å². The molecule has 0 bridgehead atoms. The second-order valence-electron chi connectivity index (χ2n) is 3.92. The molecule has 2 rings (SSSR count). The summed E-state index contributed by atoms with van der Waals surface area (Å²) in [5.74, 6) is 1.15. The molecule has 1 amide bonds. The maximum absolute atomic E-state index is 11.9. The van der Waals surface area contributed by atoms with Crippen LogP contribution < -0.4 is 0 Å². The van der Waals surface area contributed by atoms with Gasteiger partial charge in [0.15, 0.2) is 5.82 Å². The number of H-pyrrole nitrogens is 1. The Hall–Kier alpha value is -1.11. The van der Waals surface area contributed by atoms with Gasteiger partial charge in [-0.25, -0.2) is 0 Å². The van der Waals surface area contributed by atoms with Gasteiger partial charge in [0.2, 0.25) is 5.91 Å². The van der Waals surface area contributed by atoms with Gasteiger partial charge in [-0.1, -0.05) is 5.21 Å². The van der Waals surface area contributed by atoms with Crippen LogP contribution in [0.5, 0.6) is 0 Å². The number of nitrogens with zero attached hydrogens (tertiary/aromatic N) is 4. The van der Waals surface area contributed by atoms with Crippen molar-refractivity contribution < 1.29 is 4.79 Å². The van der Waals surface area contributed by atoms with Crippen LogP contribution in [-0.4, -0.2) is 56.0 Å². The molecule has 1 N–H and O–H groups in total. The quantitative estimate of drug-likeness (QED) is 0.822. The maximum atomic E-state index is 11.9. The Kier molecular flexibility index (Phi) is 3.42. The van der Waals surface area contributed by atoms with E-state index in [1.54, 1.807) is 11.8 Å². The molecule has 0 saturated carbocycles. The highest BCUT2D eigenvalue weighted by atomic mass is 32.2. The SMILES string of the molecule is CSC(C)C(=O)N1CCC(c2nn[nH]n2)C1. The number of likely N-dealkylation sites (tertiary alicyclic amines) is 1. The van der Waals surface area contributed by atoms with Gasteiger partial charge >= 0.3 is 0 Å². The molecule has 1 aromatic rings. The average molecular weight is 241 g/mol. The number of hydrogen-bond donors (Lipinski definition) is 1. The molecule has 2 atom stereocenters. The fourth-order valence-electron chi connectivity index (χ4n) is 1.87. The van der Waals surface area contributed by atoms with Crippen LogP contribution in [0.1, 0.15) is 25.1 Å². The van der Waals surface area contributed by atoms with Gasteiger partial charge in [-0.05, 0) is 19.6 Å². The van der Waals surface area contributed by atoms with Crippen molar-refractivity contribution in [2.24, 2.45) is 0 Å². The first kappa shape index (κ1) is 11.4. The molecule has 1 aliphatic rings. The smallest absolute Gasteiger partial charge is 0.235 e. The van der Waals surface area contributed by atoms with Crippen molar-refractivity contribution in [3.8, 4) is 0 Å². The summed E-state index contributed by atoms with van der Waals surface area (Å²) in [4.78, 5) is 13.8. The number of tetrazole rings is 1. The van der Waals surface area contributed by atoms with E-state index in [-0.39, 0.29) is 17.1 Å². The number of amides is 1. The summed E-state index contributed by atoms with van der Waals surface area (Å²) in [6, 6.07) is 0. The number of aromatic amines is 1. The van der Waals surface area contributed by atoms with Crippen molar-refractivity contribution in [1.29, 1.82) is 0 Å². The predicted molar refractivity (Wildman–Crippen MR) is 61.1 cm³/mol. The molecule has 1 aliphatic heterocycles. The van der Waals surface area contributed by atoms with Crippen molar-refractivity contribution in [2.45, 2.75) is 24.5 Å². The fourth-order valence-corrected chi connectivity index (χ4v) is 2.22. The predicted octanol–water partition coefficient (Wildman–Crippen LogP) is 0.267. The van der Waals surface area contributed by atoms with Gasteiger partial charge < -0.3 is 4.90 Å². The summed E-state index contributed by atoms with van der Waals surface area (Å²) in [7, 11) is 0. The first-order valence-corrected chi connectivity index (χ1v) is 6.56. The standard InChI is InChI=1S/C9H15N5OS/c1-6(16-2)9(15)14-4-3-7(5-14)8-10-12-13-11-8/h6-7H,3-5H2,1-2H3,(H,10,11,12,13). The third-order valence-corrected chi connectivity index (χ3v) is 3.84. The molecule has 1 aromatic heterocycles. The molecule has 1 fully saturated rings. The van der Waals surface area contributed by atoms with Crippen molar-refractivity contribution in [1.82, 2.24) is 25.5 Å². The van der Waals surface area contributed by atoms with Crippen LogP contribution in [-0.2, 0) is 4.79 Å². The van der Waals surface area contributed by atoms with Crippen molar-refractivity contribution >= 4 is 17.7 Å². The highest BCUT2D eigenvalue weighted by Gasteiger charge is 2.31. The maximum Gasteiger partial charge on any atom is 0.235 e. The molecular formula is C9H15N5OS. The van der Waals surface area contributed by atoms with Crippen LogP contribution >= 0.6 is 11.8 Å². The lowest BCUT2D eigenvalue weighted by Gasteiger charge is -2.19. The summed E-state index contributed by atoms with van der Waals surface area (Å²) in [6.45, 7) is 3.45. The Morgan fingerprint density at radius 2 is 2.50 bits per heavy atom. The molecule has 6 nitrogen and oxygen atoms in total. The lowest BCUT2D eigenvalue weighted by molar-refractivity contribution is -0.129. The molecule has 2 unspecified atom stereocenters. The molecule has 88 valence electrons. The Bertz CT molecular complexity index is 355. The molecule has 1 saturated heterocycles. The van der Waals surface area contributed by atoms with E-state index in [9.17, 15) is 4.79 Å². The van der Waals surface area contributed by atoms with E-state index in [0.717, 1.165) is 13.0 Å². The highest BCUT2D eigenvalue weighted by molar-refractivity contribution is 7.99. The Morgan fingerprint density at radius 3 is 3.12 bits per heavy atom. The van der Waals surface area contributed by atoms with E-state index in [1.165, 1.54) is 0 Å². The molecule has 0 aliphatic carbocycles. The fraction of sp³-hybridized carbons (Fsp3) is 0.778. The Morgan fingerprint density at radius 1 is 1.69 bits per heavy atom. The zero-order chi connectivity index (χ0) is 11.5. The number of aromatic nitrogens is 4. The van der Waals surface area contributed by atoms with E-state index < -0.39 is 0 Å². The normalized spacial score (nSPS) is 22.4. The Balaban J connectivity index is 1.96. The highest BCUT2D eigenvalue weighted by Crippen LogP contribution is 2.25. The number of rotatable bonds is 3. The average Bonchev–Trinajstić information content (AvgIpc) is 2.96. The molecule has 0 aromatic carbocycles. The van der Waals surface area contributed by atoms with Gasteiger partial charge in [-0.15, -0.1) is 10.2 Å². The van der Waals surface area contributed by atoms with Gasteiger partial charge in [-0.2, -0.15) is 17.0 Å². The van der Waals surface area contributed by atoms with Crippen LogP contribution in [0.2, 0.25) is 0 Å². The molecular weight excluding hydrogens is 226 g/mol. The number of carbonyl (C=O) groups excluding carboxylic acids is 1. The van der Waals surface area contributed by atoms with Crippen LogP contribution in [0.4, 0.5) is 0 Å². The van der Waals surface area contributed by atoms with E-state index >= 15 is 0 Å². The van der Waals surface area contributed by atoms with Gasteiger partial charge in [0.05, 0.1) is 5.25 Å². The molecule has 0 radical (unpaired) electrons. The minimum atomic E-state index is 0.0315. The van der Waals surface area contributed by atoms with Gasteiger partial charge in [0.25, 0.3) is 0 Å². The summed E-state index contributed by atoms with van der Waals surface area (Å²) in [5, 5.41) is 14.0. The summed E-state index contributed by atoms with van der Waals surface area (Å²) >= 11 is 1.58. The molecule has 7 heteroatoms. The van der Waals surface area contributed by atoms with Crippen LogP contribution in [0, 0.1) is 0 Å². The first-order valence-electron chi connectivity index (χ1n) is 5.27. The largest absolute Gasteiger partial charge is 0.341 e. The monoisotopic (exact) mass is 241 g/mol. The summed E-state index contributed by atoms with van der Waals surface area (Å²) in [5.41, 5.74) is 0. The van der Waals surface area contributed by atoms with Crippen LogP contribution in [0.3, 0.4) is 0 Å². The second-order valence-corrected chi connectivity index (χ2v) is 5.10. The topological polar surface area (TPSA) is 74.8 Å². The van der Waals surface area contributed by atoms with E-state index in [2.05, 4.69) is 20.6 Å². The third-order valence-electron chi connectivity index (χ3n) is 2.93.